The summed E-state index contributed by atoms with van der Waals surface area (Å²) in [7, 11) is 0. The van der Waals surface area contributed by atoms with Gasteiger partial charge in [-0.1, -0.05) is 13.8 Å². The second-order valence-corrected chi connectivity index (χ2v) is 11.0. The molecule has 0 aliphatic carbocycles. The summed E-state index contributed by atoms with van der Waals surface area (Å²) >= 11 is 1.13. The number of hydrogen-bond donors (Lipinski definition) is 1. The van der Waals surface area contributed by atoms with E-state index in [0.717, 1.165) is 43.8 Å². The van der Waals surface area contributed by atoms with Crippen molar-refractivity contribution in [3.63, 3.8) is 0 Å². The molecule has 0 radical (unpaired) electrons. The zero-order chi connectivity index (χ0) is 26.3. The van der Waals surface area contributed by atoms with Crippen molar-refractivity contribution in [3.8, 4) is 5.13 Å². The highest BCUT2D eigenvalue weighted by molar-refractivity contribution is 7.08. The molecular weight excluding hydrogens is 494 g/mol. The predicted molar refractivity (Wildman–Crippen MR) is 140 cm³/mol. The number of aromatic carboxylic acids is 1. The van der Waals surface area contributed by atoms with Gasteiger partial charge in [0.05, 0.1) is 17.4 Å². The van der Waals surface area contributed by atoms with E-state index >= 15 is 0 Å². The van der Waals surface area contributed by atoms with E-state index in [1.807, 2.05) is 18.7 Å². The zero-order valence-electron chi connectivity index (χ0n) is 21.3. The monoisotopic (exact) mass is 525 g/mol. The molecule has 0 bridgehead atoms. The molecular formula is C26H31N5O5S. The third kappa shape index (κ3) is 5.02. The molecule has 1 unspecified atom stereocenters. The maximum absolute atomic E-state index is 13.1. The predicted octanol–water partition coefficient (Wildman–Crippen LogP) is 3.72. The molecule has 0 aromatic carbocycles. The summed E-state index contributed by atoms with van der Waals surface area (Å²) in [5.74, 6) is 0.282. The number of carbonyl (C=O) groups is 2. The van der Waals surface area contributed by atoms with Crippen LogP contribution in [0.25, 0.3) is 16.2 Å². The molecule has 10 nitrogen and oxygen atoms in total. The lowest BCUT2D eigenvalue weighted by Gasteiger charge is -2.39. The number of aromatic nitrogens is 4. The van der Waals surface area contributed by atoms with E-state index in [9.17, 15) is 19.5 Å². The lowest BCUT2D eigenvalue weighted by atomic mass is 9.90. The van der Waals surface area contributed by atoms with Crippen molar-refractivity contribution in [1.82, 2.24) is 18.9 Å². The molecule has 2 saturated heterocycles. The van der Waals surface area contributed by atoms with Crippen molar-refractivity contribution in [3.05, 3.63) is 39.4 Å². The van der Waals surface area contributed by atoms with Crippen molar-refractivity contribution in [2.75, 3.05) is 24.6 Å². The molecule has 0 saturated carbocycles. The first-order valence-electron chi connectivity index (χ1n) is 12.8. The van der Waals surface area contributed by atoms with Gasteiger partial charge in [-0.15, -0.1) is 0 Å². The summed E-state index contributed by atoms with van der Waals surface area (Å²) in [4.78, 5) is 49.0. The van der Waals surface area contributed by atoms with E-state index in [2.05, 4.69) is 9.36 Å². The molecule has 2 aliphatic rings. The fourth-order valence-electron chi connectivity index (χ4n) is 4.91. The van der Waals surface area contributed by atoms with Crippen LogP contribution < -0.4 is 10.3 Å². The van der Waals surface area contributed by atoms with Gasteiger partial charge in [-0.3, -0.25) is 14.2 Å². The number of carboxylic acid groups (broad SMARTS) is 1. The smallest absolute Gasteiger partial charge is 0.341 e. The molecule has 5 rings (SSSR count). The minimum absolute atomic E-state index is 0.0465. The molecule has 3 aromatic heterocycles. The lowest BCUT2D eigenvalue weighted by molar-refractivity contribution is -0.124. The van der Waals surface area contributed by atoms with Gasteiger partial charge in [0, 0.05) is 49.8 Å². The van der Waals surface area contributed by atoms with Gasteiger partial charge in [-0.2, -0.15) is 4.37 Å². The third-order valence-corrected chi connectivity index (χ3v) is 7.90. The number of nitrogens with zero attached hydrogens (tertiary/aromatic N) is 5. The first-order chi connectivity index (χ1) is 17.7. The molecule has 0 spiro atoms. The summed E-state index contributed by atoms with van der Waals surface area (Å²) < 4.78 is 11.7. The minimum atomic E-state index is -1.31. The molecule has 37 heavy (non-hydrogen) atoms. The first-order valence-corrected chi connectivity index (χ1v) is 13.5. The Bertz CT molecular complexity index is 1400. The number of anilines is 1. The molecule has 0 amide bonds. The van der Waals surface area contributed by atoms with E-state index in [1.54, 1.807) is 17.6 Å². The van der Waals surface area contributed by atoms with Crippen molar-refractivity contribution in [1.29, 1.82) is 0 Å². The van der Waals surface area contributed by atoms with Crippen molar-refractivity contribution >= 4 is 40.1 Å². The summed E-state index contributed by atoms with van der Waals surface area (Å²) in [6.45, 7) is 7.64. The summed E-state index contributed by atoms with van der Waals surface area (Å²) in [5.41, 5.74) is 0.0360. The number of ether oxygens (including phenoxy) is 1. The number of ketones is 1. The van der Waals surface area contributed by atoms with E-state index in [4.69, 9.17) is 9.72 Å². The zero-order valence-corrected chi connectivity index (χ0v) is 22.1. The van der Waals surface area contributed by atoms with Gasteiger partial charge in [-0.05, 0) is 44.2 Å². The molecule has 11 heteroatoms. The molecule has 2 aliphatic heterocycles. The molecule has 3 aromatic rings. The minimum Gasteiger partial charge on any atom is -0.477 e. The Morgan fingerprint density at radius 3 is 2.68 bits per heavy atom. The molecule has 5 heterocycles. The van der Waals surface area contributed by atoms with E-state index in [1.165, 1.54) is 6.20 Å². The highest BCUT2D eigenvalue weighted by Crippen LogP contribution is 2.30. The van der Waals surface area contributed by atoms with Crippen LogP contribution in [0.5, 0.6) is 0 Å². The van der Waals surface area contributed by atoms with E-state index < -0.39 is 11.4 Å². The third-order valence-electron chi connectivity index (χ3n) is 7.17. The quantitative estimate of drug-likeness (QED) is 0.468. The molecule has 2 fully saturated rings. The van der Waals surface area contributed by atoms with Gasteiger partial charge in [-0.25, -0.2) is 14.8 Å². The Morgan fingerprint density at radius 1 is 1.24 bits per heavy atom. The van der Waals surface area contributed by atoms with Gasteiger partial charge < -0.3 is 14.7 Å². The highest BCUT2D eigenvalue weighted by Gasteiger charge is 2.34. The number of carbonyl (C=O) groups excluding carboxylic acids is 1. The van der Waals surface area contributed by atoms with Crippen LogP contribution in [0, 0.1) is 12.8 Å². The van der Waals surface area contributed by atoms with Gasteiger partial charge in [0.15, 0.2) is 5.65 Å². The van der Waals surface area contributed by atoms with Gasteiger partial charge in [0.1, 0.15) is 23.0 Å². The Balaban J connectivity index is 1.42. The largest absolute Gasteiger partial charge is 0.477 e. The summed E-state index contributed by atoms with van der Waals surface area (Å²) in [5, 5.41) is 10.4. The van der Waals surface area contributed by atoms with Crippen LogP contribution in [0.1, 0.15) is 73.6 Å². The number of hydrogen-bond acceptors (Lipinski definition) is 9. The number of rotatable bonds is 8. The Labute approximate surface area is 218 Å². The van der Waals surface area contributed by atoms with Gasteiger partial charge in [0.2, 0.25) is 10.6 Å². The standard InChI is InChI=1S/C26H31N5O5S/c1-14(2)23-28-26(37-29-23)31-13-18(25(34)35)22(33)21-15(3)10-20(27-24(21)31)30-11-16(12-30)19(32)8-7-17-6-4-5-9-36-17/h10,13-14,16-17H,4-9,11-12H2,1-3H3,(H,34,35). The van der Waals surface area contributed by atoms with Crippen LogP contribution in [-0.2, 0) is 9.53 Å². The number of fused-ring (bicyclic) bond motifs is 1. The summed E-state index contributed by atoms with van der Waals surface area (Å²) in [6, 6.07) is 1.79. The number of aryl methyl sites for hydroxylation is 1. The normalized spacial score (nSPS) is 18.4. The fourth-order valence-corrected chi connectivity index (χ4v) is 5.70. The summed E-state index contributed by atoms with van der Waals surface area (Å²) in [6.07, 6.45) is 6.08. The number of Topliss-reactive ketones (excluding diaryl/α,β-unsaturated/α-hetero) is 1. The van der Waals surface area contributed by atoms with Crippen molar-refractivity contribution in [2.24, 2.45) is 5.92 Å². The van der Waals surface area contributed by atoms with Crippen molar-refractivity contribution < 1.29 is 19.4 Å². The lowest BCUT2D eigenvalue weighted by Crippen LogP contribution is -2.51. The molecule has 196 valence electrons. The fraction of sp³-hybridized carbons (Fsp3) is 0.538. The maximum atomic E-state index is 13.1. The Hall–Kier alpha value is -3.18. The number of pyridine rings is 2. The van der Waals surface area contributed by atoms with Crippen LogP contribution in [0.2, 0.25) is 0 Å². The van der Waals surface area contributed by atoms with Crippen LogP contribution in [-0.4, -0.2) is 61.6 Å². The average molecular weight is 526 g/mol. The van der Waals surface area contributed by atoms with Crippen molar-refractivity contribution in [2.45, 2.75) is 64.9 Å². The average Bonchev–Trinajstić information content (AvgIpc) is 3.33. The SMILES string of the molecule is Cc1cc(N2CC(C(=O)CCC3CCCCO3)C2)nc2c1c(=O)c(C(=O)O)cn2-c1nc(C(C)C)ns1. The van der Waals surface area contributed by atoms with E-state index in [-0.39, 0.29) is 34.7 Å². The topological polar surface area (TPSA) is 128 Å². The second kappa shape index (κ2) is 10.3. The first kappa shape index (κ1) is 25.5. The Kier molecular flexibility index (Phi) is 7.09. The van der Waals surface area contributed by atoms with Crippen LogP contribution in [0.4, 0.5) is 5.82 Å². The highest BCUT2D eigenvalue weighted by atomic mass is 32.1. The second-order valence-electron chi connectivity index (χ2n) is 10.2. The van der Waals surface area contributed by atoms with Gasteiger partial charge >= 0.3 is 5.97 Å². The van der Waals surface area contributed by atoms with Gasteiger partial charge in [0.25, 0.3) is 0 Å². The van der Waals surface area contributed by atoms with E-state index in [0.29, 0.717) is 47.5 Å². The molecule has 1 N–H and O–H groups in total. The molecule has 1 atom stereocenters. The van der Waals surface area contributed by atoms with Crippen LogP contribution in [0.3, 0.4) is 0 Å². The van der Waals surface area contributed by atoms with Crippen LogP contribution in [0.15, 0.2) is 17.1 Å². The van der Waals surface area contributed by atoms with Crippen LogP contribution >= 0.6 is 11.5 Å². The maximum Gasteiger partial charge on any atom is 0.341 e. The Morgan fingerprint density at radius 2 is 2.03 bits per heavy atom. The number of carboxylic acids is 1.